The average molecular weight is 1580 g/mol. The number of carboxylic acid groups (broad SMARTS) is 2. The third-order valence-electron chi connectivity index (χ3n) is 12.3. The molecule has 0 aromatic heterocycles. The molecule has 10 rings (SSSR count). The van der Waals surface area contributed by atoms with Crippen LogP contribution >= 0.6 is 84.9 Å². The van der Waals surface area contributed by atoms with Gasteiger partial charge in [-0.05, 0) is 174 Å². The van der Waals surface area contributed by atoms with E-state index in [9.17, 15) is 9.59 Å². The van der Waals surface area contributed by atoms with Crippen molar-refractivity contribution in [3.63, 3.8) is 0 Å². The Morgan fingerprint density at radius 1 is 0.556 bits per heavy atom. The van der Waals surface area contributed by atoms with E-state index in [2.05, 4.69) is 69.0 Å². The van der Waals surface area contributed by atoms with Crippen molar-refractivity contribution in [2.75, 3.05) is 41.5 Å². The van der Waals surface area contributed by atoms with Gasteiger partial charge < -0.3 is 49.4 Å². The Balaban J connectivity index is 0.000000371. The van der Waals surface area contributed by atoms with Gasteiger partial charge in [-0.25, -0.2) is 0 Å². The Kier molecular flexibility index (Phi) is 38.7. The fourth-order valence-electron chi connectivity index (χ4n) is 8.33. The van der Waals surface area contributed by atoms with Crippen LogP contribution in [0.1, 0.15) is 61.8 Å². The normalized spacial score (nSPS) is 11.4. The zero-order valence-corrected chi connectivity index (χ0v) is 59.3. The van der Waals surface area contributed by atoms with Gasteiger partial charge >= 0.3 is 7.12 Å². The summed E-state index contributed by atoms with van der Waals surface area (Å²) >= 11 is 29.4. The SMILES string of the molecule is CC(=O)O.CC(=O)O.COc1ccc(C)cc1-c1cccc(Cl)c1.COc1ccc(C)cc1B(O)O.COc1ccc(CBr)cc1-c1cccc(Cl)c1.COc1ccc(CN2CCCC2=O)cc1-c1cccc(Cl)c1.Clc1cccc(I)c1.O=C1CCCN1.[Pd]. The van der Waals surface area contributed by atoms with E-state index in [1.807, 2.05) is 151 Å². The van der Waals surface area contributed by atoms with Crippen LogP contribution in [0.4, 0.5) is 0 Å². The van der Waals surface area contributed by atoms with Crippen LogP contribution in [0.5, 0.6) is 23.0 Å². The van der Waals surface area contributed by atoms with Gasteiger partial charge in [0.15, 0.2) is 0 Å². The largest absolute Gasteiger partial charge is 0.497 e. The summed E-state index contributed by atoms with van der Waals surface area (Å²) < 4.78 is 22.3. The van der Waals surface area contributed by atoms with Gasteiger partial charge in [0.05, 0.1) is 28.4 Å². The first-order valence-electron chi connectivity index (χ1n) is 27.6. The summed E-state index contributed by atoms with van der Waals surface area (Å²) in [6, 6.07) is 54.5. The number of rotatable bonds is 11. The number of aryl methyl sites for hydroxylation is 2. The van der Waals surface area contributed by atoms with Crippen LogP contribution < -0.4 is 29.7 Å². The molecule has 8 aromatic rings. The maximum absolute atomic E-state index is 11.8. The standard InChI is InChI=1S/C18H18ClNO2.C14H12BrClO.C14H13ClO.C8H11BO3.C6H4ClI.C4H7NO.2C2H4O2.Pd/c1-22-17-8-7-13(12-20-9-3-6-18(20)21)10-16(17)14-4-2-5-15(19)11-14;1-17-14-6-5-10(9-15)7-13(14)11-3-2-4-12(16)8-11;1-10-6-7-14(16-2)13(8-10)11-4-3-5-12(15)9-11;1-6-3-4-8(12-2)7(5-6)9(10)11;7-5-2-1-3-6(8)4-5;6-4-2-1-3-5-4;2*1-2(3)4;/h2,4-5,7-8,10-11H,3,6,9,12H2,1H3;2-8H,9H2,1H3;3-9H,1-2H3;3-5,10-11H,1-2H3;1-4H;1-3H2,(H,5,6);2*1H3,(H,3,4);. The Bertz CT molecular complexity index is 3510. The maximum Gasteiger partial charge on any atom is 0.492 e. The smallest absolute Gasteiger partial charge is 0.492 e. The summed E-state index contributed by atoms with van der Waals surface area (Å²) in [5, 5.41) is 39.2. The molecule has 2 amide bonds. The van der Waals surface area contributed by atoms with E-state index in [4.69, 9.17) is 95.2 Å². The van der Waals surface area contributed by atoms with Crippen molar-refractivity contribution in [3.05, 3.63) is 216 Å². The van der Waals surface area contributed by atoms with Crippen LogP contribution in [0.25, 0.3) is 33.4 Å². The molecule has 0 bridgehead atoms. The van der Waals surface area contributed by atoms with Crippen molar-refractivity contribution in [1.82, 2.24) is 10.2 Å². The van der Waals surface area contributed by atoms with E-state index in [0.29, 0.717) is 29.2 Å². The third kappa shape index (κ3) is 30.3. The average Bonchev–Trinajstić information content (AvgIpc) is 1.18. The van der Waals surface area contributed by atoms with E-state index >= 15 is 0 Å². The van der Waals surface area contributed by atoms with Gasteiger partial charge in [0, 0.05) is 118 Å². The van der Waals surface area contributed by atoms with E-state index < -0.39 is 19.1 Å². The second-order valence-electron chi connectivity index (χ2n) is 19.4. The molecule has 5 N–H and O–H groups in total. The number of carbonyl (C=O) groups is 4. The molecular weight excluding hydrogens is 1500 g/mol. The Hall–Kier alpha value is -6.14. The molecule has 2 saturated heterocycles. The van der Waals surface area contributed by atoms with Crippen LogP contribution in [0, 0.1) is 17.4 Å². The number of benzene rings is 8. The summed E-state index contributed by atoms with van der Waals surface area (Å²) in [6.07, 6.45) is 3.38. The maximum atomic E-state index is 11.8. The predicted molar refractivity (Wildman–Crippen MR) is 373 cm³/mol. The molecule has 0 atom stereocenters. The first-order valence-corrected chi connectivity index (χ1v) is 31.3. The number of carboxylic acids is 2. The monoisotopic (exact) mass is 1570 g/mol. The Morgan fingerprint density at radius 2 is 0.956 bits per heavy atom. The van der Waals surface area contributed by atoms with Crippen LogP contribution in [-0.2, 0) is 51.5 Å². The second-order valence-corrected chi connectivity index (χ2v) is 23.0. The molecule has 2 aliphatic rings. The topological polar surface area (TPSA) is 201 Å². The first kappa shape index (κ1) is 80.0. The number of nitrogens with one attached hydrogen (secondary N) is 1. The van der Waals surface area contributed by atoms with Gasteiger partial charge in [-0.2, -0.15) is 0 Å². The molecule has 90 heavy (non-hydrogen) atoms. The second kappa shape index (κ2) is 43.6. The van der Waals surface area contributed by atoms with Crippen molar-refractivity contribution >= 4 is 121 Å². The Morgan fingerprint density at radius 3 is 1.30 bits per heavy atom. The number of hydrogen-bond acceptors (Lipinski definition) is 10. The number of amides is 2. The summed E-state index contributed by atoms with van der Waals surface area (Å²) in [5.74, 6) is 1.80. The molecule has 0 unspecified atom stereocenters. The molecule has 2 fully saturated rings. The van der Waals surface area contributed by atoms with E-state index in [1.54, 1.807) is 33.5 Å². The zero-order chi connectivity index (χ0) is 66.0. The minimum Gasteiger partial charge on any atom is -0.497 e. The number of hydrogen-bond donors (Lipinski definition) is 5. The van der Waals surface area contributed by atoms with E-state index in [-0.39, 0.29) is 32.2 Å². The van der Waals surface area contributed by atoms with Crippen molar-refractivity contribution in [1.29, 1.82) is 0 Å². The van der Waals surface area contributed by atoms with Crippen molar-refractivity contribution < 1.29 is 78.8 Å². The Labute approximate surface area is 584 Å². The molecule has 14 nitrogen and oxygen atoms in total. The number of alkyl halides is 1. The molecule has 0 saturated carbocycles. The van der Waals surface area contributed by atoms with E-state index in [1.165, 1.54) is 21.8 Å². The minimum atomic E-state index is -1.47. The molecule has 482 valence electrons. The van der Waals surface area contributed by atoms with Crippen LogP contribution in [0.3, 0.4) is 0 Å². The molecule has 0 spiro atoms. The minimum absolute atomic E-state index is 0. The van der Waals surface area contributed by atoms with Crippen LogP contribution in [-0.4, -0.2) is 97.6 Å². The molecule has 0 aliphatic carbocycles. The quantitative estimate of drug-likeness (QED) is 0.0467. The van der Waals surface area contributed by atoms with Crippen molar-refractivity contribution in [3.8, 4) is 56.4 Å². The number of methoxy groups -OCH3 is 4. The van der Waals surface area contributed by atoms with Crippen molar-refractivity contribution in [2.45, 2.75) is 65.3 Å². The summed E-state index contributed by atoms with van der Waals surface area (Å²) in [4.78, 5) is 41.8. The third-order valence-corrected chi connectivity index (χ3v) is 14.6. The fourth-order valence-corrected chi connectivity index (χ4v) is 10.2. The molecule has 0 radical (unpaired) electrons. The number of halogens is 6. The molecule has 2 heterocycles. The van der Waals surface area contributed by atoms with Gasteiger partial charge in [0.25, 0.3) is 11.9 Å². The zero-order valence-electron chi connectivity index (χ0n) is 51.0. The predicted octanol–water partition coefficient (Wildman–Crippen LogP) is 16.1. The molecule has 2 aliphatic heterocycles. The number of carbonyl (C=O) groups excluding carboxylic acids is 2. The first-order chi connectivity index (χ1) is 42.4. The summed E-state index contributed by atoms with van der Waals surface area (Å²) in [7, 11) is 5.04. The van der Waals surface area contributed by atoms with Gasteiger partial charge in [0.1, 0.15) is 23.0 Å². The van der Waals surface area contributed by atoms with Gasteiger partial charge in [0.2, 0.25) is 11.8 Å². The van der Waals surface area contributed by atoms with Gasteiger partial charge in [-0.15, -0.1) is 0 Å². The van der Waals surface area contributed by atoms with Crippen molar-refractivity contribution in [2.24, 2.45) is 0 Å². The number of aliphatic carboxylic acids is 2. The molecular formula is C68H73BBrCl4IN2O12Pd. The van der Waals surface area contributed by atoms with Gasteiger partial charge in [-0.3, -0.25) is 19.2 Å². The number of nitrogens with zero attached hydrogens (tertiary/aromatic N) is 1. The van der Waals surface area contributed by atoms with Crippen LogP contribution in [0.2, 0.25) is 20.1 Å². The summed E-state index contributed by atoms with van der Waals surface area (Å²) in [5.41, 5.74) is 11.2. The number of likely N-dealkylation sites (tertiary alicyclic amines) is 1. The fraction of sp³-hybridized carbons (Fsp3) is 0.235. The number of ether oxygens (including phenoxy) is 4. The van der Waals surface area contributed by atoms with Gasteiger partial charge in [-0.1, -0.05) is 146 Å². The summed E-state index contributed by atoms with van der Waals surface area (Å²) in [6.45, 7) is 8.49. The molecule has 22 heteroatoms. The van der Waals surface area contributed by atoms with E-state index in [0.717, 1.165) is 128 Å². The molecule has 8 aromatic carbocycles. The van der Waals surface area contributed by atoms with Crippen LogP contribution in [0.15, 0.2) is 170 Å².